The molecule has 5 heteroatoms. The van der Waals surface area contributed by atoms with Gasteiger partial charge in [-0.25, -0.2) is 4.98 Å². The van der Waals surface area contributed by atoms with Crippen molar-refractivity contribution in [3.05, 3.63) is 22.9 Å². The maximum absolute atomic E-state index is 5.89. The van der Waals surface area contributed by atoms with E-state index in [2.05, 4.69) is 23.0 Å². The number of aromatic nitrogens is 1. The van der Waals surface area contributed by atoms with E-state index in [0.717, 1.165) is 36.7 Å². The highest BCUT2D eigenvalue weighted by Gasteiger charge is 2.25. The Morgan fingerprint density at radius 3 is 2.90 bits per heavy atom. The Labute approximate surface area is 131 Å². The summed E-state index contributed by atoms with van der Waals surface area (Å²) < 4.78 is 5.89. The predicted octanol–water partition coefficient (Wildman–Crippen LogP) is 2.07. The Balaban J connectivity index is 1.71. The third-order valence-corrected chi connectivity index (χ3v) is 4.60. The van der Waals surface area contributed by atoms with Crippen LogP contribution in [0.25, 0.3) is 0 Å². The molecule has 0 atom stereocenters. The summed E-state index contributed by atoms with van der Waals surface area (Å²) in [5.74, 6) is 0.618. The Hall–Kier alpha value is -1.20. The van der Waals surface area contributed by atoms with E-state index in [1.165, 1.54) is 31.2 Å². The molecule has 21 heavy (non-hydrogen) atoms. The van der Waals surface area contributed by atoms with Gasteiger partial charge in [0.25, 0.3) is 0 Å². The Morgan fingerprint density at radius 2 is 2.19 bits per heavy atom. The van der Waals surface area contributed by atoms with Gasteiger partial charge in [-0.2, -0.15) is 0 Å². The van der Waals surface area contributed by atoms with Crippen LogP contribution < -0.4 is 10.5 Å². The lowest BCUT2D eigenvalue weighted by Crippen LogP contribution is -2.27. The molecule has 2 aliphatic carbocycles. The number of fused-ring (bicyclic) bond motifs is 1. The molecular weight excluding hydrogens is 282 g/mol. The van der Waals surface area contributed by atoms with Crippen molar-refractivity contribution in [1.29, 1.82) is 0 Å². The minimum atomic E-state index is 0.376. The summed E-state index contributed by atoms with van der Waals surface area (Å²) >= 11 is 5.16. The van der Waals surface area contributed by atoms with Gasteiger partial charge in [0.05, 0.1) is 5.56 Å². The third kappa shape index (κ3) is 3.52. The van der Waals surface area contributed by atoms with Gasteiger partial charge in [0.2, 0.25) is 5.88 Å². The van der Waals surface area contributed by atoms with Crippen LogP contribution in [0.1, 0.15) is 42.5 Å². The molecule has 3 rings (SSSR count). The first-order chi connectivity index (χ1) is 10.1. The highest BCUT2D eigenvalue weighted by atomic mass is 32.1. The largest absolute Gasteiger partial charge is 0.476 e. The summed E-state index contributed by atoms with van der Waals surface area (Å²) in [5.41, 5.74) is 9.07. The van der Waals surface area contributed by atoms with Gasteiger partial charge in [0.15, 0.2) is 0 Å². The maximum atomic E-state index is 5.89. The van der Waals surface area contributed by atoms with E-state index in [1.54, 1.807) is 0 Å². The fraction of sp³-hybridized carbons (Fsp3) is 0.625. The number of nitrogens with zero attached hydrogens (tertiary/aromatic N) is 2. The summed E-state index contributed by atoms with van der Waals surface area (Å²) in [5, 5.41) is 0. The number of hydrogen-bond acceptors (Lipinski definition) is 4. The number of aryl methyl sites for hydroxylation is 2. The number of pyridine rings is 1. The van der Waals surface area contributed by atoms with Crippen LogP contribution in [0.15, 0.2) is 6.07 Å². The predicted molar refractivity (Wildman–Crippen MR) is 87.9 cm³/mol. The lowest BCUT2D eigenvalue weighted by Gasteiger charge is -2.20. The van der Waals surface area contributed by atoms with Crippen molar-refractivity contribution in [2.45, 2.75) is 44.6 Å². The minimum Gasteiger partial charge on any atom is -0.476 e. The average molecular weight is 305 g/mol. The molecule has 0 bridgehead atoms. The first-order valence-corrected chi connectivity index (χ1v) is 8.21. The van der Waals surface area contributed by atoms with Crippen molar-refractivity contribution >= 4 is 17.2 Å². The van der Waals surface area contributed by atoms with Crippen LogP contribution in [0.5, 0.6) is 5.88 Å². The van der Waals surface area contributed by atoms with Gasteiger partial charge in [0, 0.05) is 18.3 Å². The molecule has 0 saturated heterocycles. The third-order valence-electron chi connectivity index (χ3n) is 4.38. The minimum absolute atomic E-state index is 0.376. The smallest absolute Gasteiger partial charge is 0.224 e. The molecule has 0 spiro atoms. The van der Waals surface area contributed by atoms with E-state index in [4.69, 9.17) is 22.7 Å². The average Bonchev–Trinajstić information content (AvgIpc) is 3.30. The van der Waals surface area contributed by atoms with E-state index >= 15 is 0 Å². The molecule has 1 fully saturated rings. The van der Waals surface area contributed by atoms with Crippen molar-refractivity contribution in [3.63, 3.8) is 0 Å². The Kier molecular flexibility index (Phi) is 4.40. The fourth-order valence-corrected chi connectivity index (χ4v) is 3.03. The van der Waals surface area contributed by atoms with E-state index < -0.39 is 0 Å². The number of thiocarbonyl (C=S) groups is 1. The lowest BCUT2D eigenvalue weighted by molar-refractivity contribution is 0.225. The van der Waals surface area contributed by atoms with E-state index in [0.29, 0.717) is 17.5 Å². The van der Waals surface area contributed by atoms with Crippen molar-refractivity contribution in [3.8, 4) is 5.88 Å². The van der Waals surface area contributed by atoms with E-state index in [1.807, 2.05) is 0 Å². The van der Waals surface area contributed by atoms with Gasteiger partial charge in [-0.05, 0) is 57.2 Å². The summed E-state index contributed by atoms with van der Waals surface area (Å²) in [6.45, 7) is 1.55. The Bertz CT molecular complexity index is 543. The molecular formula is C16H23N3OS. The molecule has 114 valence electrons. The topological polar surface area (TPSA) is 51.4 Å². The van der Waals surface area contributed by atoms with Crippen LogP contribution in [-0.4, -0.2) is 41.1 Å². The number of rotatable bonds is 6. The summed E-state index contributed by atoms with van der Waals surface area (Å²) in [4.78, 5) is 7.41. The summed E-state index contributed by atoms with van der Waals surface area (Å²) in [7, 11) is 2.15. The summed E-state index contributed by atoms with van der Waals surface area (Å²) in [6.07, 6.45) is 7.15. The molecule has 0 radical (unpaired) electrons. The van der Waals surface area contributed by atoms with Gasteiger partial charge in [-0.15, -0.1) is 0 Å². The molecule has 0 amide bonds. The van der Waals surface area contributed by atoms with Crippen LogP contribution in [0.2, 0.25) is 0 Å². The van der Waals surface area contributed by atoms with Gasteiger partial charge < -0.3 is 15.4 Å². The molecule has 2 aliphatic rings. The maximum Gasteiger partial charge on any atom is 0.224 e. The molecule has 0 aliphatic heterocycles. The van der Waals surface area contributed by atoms with Gasteiger partial charge in [-0.1, -0.05) is 12.2 Å². The van der Waals surface area contributed by atoms with Crippen molar-refractivity contribution in [2.24, 2.45) is 5.73 Å². The second-order valence-corrected chi connectivity index (χ2v) is 6.52. The number of ether oxygens (including phenoxy) is 1. The highest BCUT2D eigenvalue weighted by Crippen LogP contribution is 2.27. The van der Waals surface area contributed by atoms with Crippen LogP contribution in [-0.2, 0) is 12.8 Å². The Morgan fingerprint density at radius 1 is 1.43 bits per heavy atom. The highest BCUT2D eigenvalue weighted by molar-refractivity contribution is 7.80. The summed E-state index contributed by atoms with van der Waals surface area (Å²) in [6, 6.07) is 2.84. The molecule has 1 aromatic heterocycles. The quantitative estimate of drug-likeness (QED) is 0.815. The van der Waals surface area contributed by atoms with Crippen LogP contribution in [0.3, 0.4) is 0 Å². The lowest BCUT2D eigenvalue weighted by atomic mass is 9.95. The van der Waals surface area contributed by atoms with Gasteiger partial charge in [0.1, 0.15) is 11.6 Å². The fourth-order valence-electron chi connectivity index (χ4n) is 2.89. The molecule has 4 nitrogen and oxygen atoms in total. The van der Waals surface area contributed by atoms with Crippen LogP contribution in [0, 0.1) is 0 Å². The van der Waals surface area contributed by atoms with Crippen LogP contribution in [0.4, 0.5) is 0 Å². The SMILES string of the molecule is CN(CCOc1nc2c(cc1C(N)=S)CCCC2)C1CC1. The standard InChI is InChI=1S/C16H23N3OS/c1-19(12-6-7-12)8-9-20-16-13(15(17)21)10-11-4-2-3-5-14(11)18-16/h10,12H,2-9H2,1H3,(H2,17,21). The molecule has 0 aromatic carbocycles. The molecule has 1 heterocycles. The zero-order valence-electron chi connectivity index (χ0n) is 12.6. The van der Waals surface area contributed by atoms with Crippen molar-refractivity contribution in [2.75, 3.05) is 20.2 Å². The van der Waals surface area contributed by atoms with Crippen molar-refractivity contribution in [1.82, 2.24) is 9.88 Å². The normalized spacial score (nSPS) is 17.6. The van der Waals surface area contributed by atoms with E-state index in [9.17, 15) is 0 Å². The second-order valence-electron chi connectivity index (χ2n) is 6.08. The molecule has 1 saturated carbocycles. The van der Waals surface area contributed by atoms with Crippen molar-refractivity contribution < 1.29 is 4.74 Å². The van der Waals surface area contributed by atoms with Gasteiger partial charge >= 0.3 is 0 Å². The number of nitrogens with two attached hydrogens (primary N) is 1. The first-order valence-electron chi connectivity index (χ1n) is 7.81. The van der Waals surface area contributed by atoms with E-state index in [-0.39, 0.29) is 0 Å². The number of hydrogen-bond donors (Lipinski definition) is 1. The van der Waals surface area contributed by atoms with Gasteiger partial charge in [-0.3, -0.25) is 0 Å². The second kappa shape index (κ2) is 6.28. The first kappa shape index (κ1) is 14.7. The number of likely N-dealkylation sites (N-methyl/N-ethyl adjacent to an activating group) is 1. The molecule has 0 unspecified atom stereocenters. The zero-order chi connectivity index (χ0) is 14.8. The zero-order valence-corrected chi connectivity index (χ0v) is 13.4. The molecule has 1 aromatic rings. The molecule has 2 N–H and O–H groups in total. The van der Waals surface area contributed by atoms with Crippen LogP contribution >= 0.6 is 12.2 Å². The monoisotopic (exact) mass is 305 g/mol.